The Morgan fingerprint density at radius 3 is 2.73 bits per heavy atom. The van der Waals surface area contributed by atoms with Crippen molar-refractivity contribution >= 4 is 11.0 Å². The van der Waals surface area contributed by atoms with Gasteiger partial charge in [0.25, 0.3) is 0 Å². The van der Waals surface area contributed by atoms with E-state index in [0.717, 1.165) is 10.9 Å². The molecule has 0 radical (unpaired) electrons. The van der Waals surface area contributed by atoms with Crippen molar-refractivity contribution < 1.29 is 23.7 Å². The summed E-state index contributed by atoms with van der Waals surface area (Å²) in [6.45, 7) is 3.47. The van der Waals surface area contributed by atoms with Crippen LogP contribution in [0.4, 0.5) is 0 Å². The zero-order valence-corrected chi connectivity index (χ0v) is 12.7. The predicted octanol–water partition coefficient (Wildman–Crippen LogP) is 1.99. The van der Waals surface area contributed by atoms with E-state index in [9.17, 15) is 9.90 Å². The van der Waals surface area contributed by atoms with Gasteiger partial charge >= 0.3 is 5.63 Å². The Morgan fingerprint density at radius 2 is 2.09 bits per heavy atom. The highest BCUT2D eigenvalue weighted by Crippen LogP contribution is 2.48. The van der Waals surface area contributed by atoms with E-state index in [1.807, 2.05) is 6.07 Å². The Hall–Kier alpha value is -1.89. The number of hydrogen-bond acceptors (Lipinski definition) is 6. The van der Waals surface area contributed by atoms with Gasteiger partial charge in [0.2, 0.25) is 0 Å². The van der Waals surface area contributed by atoms with E-state index < -0.39 is 11.2 Å². The van der Waals surface area contributed by atoms with Gasteiger partial charge in [-0.1, -0.05) is 0 Å². The Bertz CT molecular complexity index is 742. The number of epoxide rings is 1. The predicted molar refractivity (Wildman–Crippen MR) is 78.9 cm³/mol. The molecule has 22 heavy (non-hydrogen) atoms. The zero-order chi connectivity index (χ0) is 15.9. The summed E-state index contributed by atoms with van der Waals surface area (Å²) in [6, 6.07) is 6.54. The van der Waals surface area contributed by atoms with E-state index in [0.29, 0.717) is 11.3 Å². The zero-order valence-electron chi connectivity index (χ0n) is 12.7. The lowest BCUT2D eigenvalue weighted by Crippen LogP contribution is -2.26. The molecule has 0 aliphatic carbocycles. The molecule has 0 amide bonds. The van der Waals surface area contributed by atoms with Crippen molar-refractivity contribution in [2.45, 2.75) is 31.7 Å². The minimum atomic E-state index is -0.943. The van der Waals surface area contributed by atoms with Crippen molar-refractivity contribution in [1.29, 1.82) is 0 Å². The van der Waals surface area contributed by atoms with Crippen LogP contribution in [0.3, 0.4) is 0 Å². The van der Waals surface area contributed by atoms with Crippen LogP contribution in [-0.2, 0) is 9.47 Å². The molecule has 2 atom stereocenters. The second kappa shape index (κ2) is 5.39. The average molecular weight is 306 g/mol. The lowest BCUT2D eigenvalue weighted by Gasteiger charge is -2.14. The van der Waals surface area contributed by atoms with Crippen LogP contribution in [0.2, 0.25) is 0 Å². The van der Waals surface area contributed by atoms with Crippen molar-refractivity contribution in [3.63, 3.8) is 0 Å². The molecule has 1 aliphatic rings. The third kappa shape index (κ3) is 2.85. The van der Waals surface area contributed by atoms with Crippen molar-refractivity contribution in [2.75, 3.05) is 13.9 Å². The van der Waals surface area contributed by atoms with Crippen molar-refractivity contribution in [3.8, 4) is 5.75 Å². The monoisotopic (exact) mass is 306 g/mol. The molecule has 0 saturated carbocycles. The minimum absolute atomic E-state index is 0.0650. The van der Waals surface area contributed by atoms with Crippen LogP contribution >= 0.6 is 0 Å². The first-order valence-corrected chi connectivity index (χ1v) is 6.97. The molecular formula is C16H18O6. The molecule has 0 bridgehead atoms. The maximum atomic E-state index is 11.3. The second-order valence-corrected chi connectivity index (χ2v) is 5.86. The molecule has 1 N–H and O–H groups in total. The molecule has 1 aromatic heterocycles. The second-order valence-electron chi connectivity index (χ2n) is 5.86. The van der Waals surface area contributed by atoms with Crippen LogP contribution in [-0.4, -0.2) is 30.7 Å². The summed E-state index contributed by atoms with van der Waals surface area (Å²) in [5.74, 6) is 0.514. The molecule has 0 unspecified atom stereocenters. The van der Waals surface area contributed by atoms with Gasteiger partial charge in [0.1, 0.15) is 23.5 Å². The number of hydrogen-bond donors (Lipinski definition) is 1. The van der Waals surface area contributed by atoms with Gasteiger partial charge in [-0.25, -0.2) is 4.79 Å². The molecule has 2 aromatic rings. The topological polar surface area (TPSA) is 81.4 Å². The Kier molecular flexibility index (Phi) is 3.68. The van der Waals surface area contributed by atoms with E-state index in [4.69, 9.17) is 18.6 Å². The van der Waals surface area contributed by atoms with E-state index in [2.05, 4.69) is 0 Å². The molecule has 1 aromatic carbocycles. The highest BCUT2D eigenvalue weighted by molar-refractivity contribution is 5.79. The quantitative estimate of drug-likeness (QED) is 0.517. The summed E-state index contributed by atoms with van der Waals surface area (Å²) in [7, 11) is 1.52. The first kappa shape index (κ1) is 15.0. The van der Waals surface area contributed by atoms with Crippen molar-refractivity contribution in [2.24, 2.45) is 0 Å². The van der Waals surface area contributed by atoms with Gasteiger partial charge < -0.3 is 23.7 Å². The third-order valence-electron chi connectivity index (χ3n) is 3.58. The lowest BCUT2D eigenvalue weighted by molar-refractivity contribution is 0.0482. The number of ether oxygens (including phenoxy) is 3. The van der Waals surface area contributed by atoms with Gasteiger partial charge in [-0.2, -0.15) is 0 Å². The molecule has 1 fully saturated rings. The molecule has 2 heterocycles. The normalized spacial score (nSPS) is 21.1. The third-order valence-corrected chi connectivity index (χ3v) is 3.58. The number of rotatable bonds is 5. The highest BCUT2D eigenvalue weighted by Gasteiger charge is 2.51. The van der Waals surface area contributed by atoms with Crippen LogP contribution in [0.1, 0.15) is 25.5 Å². The smallest absolute Gasteiger partial charge is 0.336 e. The fourth-order valence-corrected chi connectivity index (χ4v) is 2.47. The number of aliphatic hydroxyl groups is 1. The largest absolute Gasteiger partial charge is 0.467 e. The Labute approximate surface area is 127 Å². The molecule has 0 spiro atoms. The van der Waals surface area contributed by atoms with Gasteiger partial charge in [-0.05, 0) is 26.0 Å². The SMILES string of the molecule is COCOc1cc2oc(=O)ccc2cc1[C@H]1O[C@H]1C(C)(C)O. The van der Waals surface area contributed by atoms with E-state index in [-0.39, 0.29) is 19.0 Å². The van der Waals surface area contributed by atoms with Crippen LogP contribution < -0.4 is 10.4 Å². The van der Waals surface area contributed by atoms with Gasteiger partial charge in [0.05, 0.1) is 5.60 Å². The number of methoxy groups -OCH3 is 1. The molecular weight excluding hydrogens is 288 g/mol. The van der Waals surface area contributed by atoms with E-state index >= 15 is 0 Å². The molecule has 6 heteroatoms. The fraction of sp³-hybridized carbons (Fsp3) is 0.438. The van der Waals surface area contributed by atoms with Gasteiger partial charge in [0, 0.05) is 30.2 Å². The minimum Gasteiger partial charge on any atom is -0.467 e. The maximum absolute atomic E-state index is 11.3. The van der Waals surface area contributed by atoms with Gasteiger partial charge in [-0.3, -0.25) is 0 Å². The summed E-state index contributed by atoms with van der Waals surface area (Å²) < 4.78 is 21.2. The standard InChI is InChI=1S/C16H18O6/c1-16(2,18)15-14(22-15)10-6-9-4-5-13(17)21-11(9)7-12(10)20-8-19-3/h4-7,14-15,18H,8H2,1-3H3/t14-,15-/m1/s1. The van der Waals surface area contributed by atoms with Crippen molar-refractivity contribution in [3.05, 3.63) is 40.2 Å². The van der Waals surface area contributed by atoms with Gasteiger partial charge in [0.15, 0.2) is 6.79 Å². The van der Waals surface area contributed by atoms with Crippen LogP contribution in [0.25, 0.3) is 11.0 Å². The molecule has 3 rings (SSSR count). The Morgan fingerprint density at radius 1 is 1.32 bits per heavy atom. The average Bonchev–Trinajstić information content (AvgIpc) is 3.24. The maximum Gasteiger partial charge on any atom is 0.336 e. The number of benzene rings is 1. The first-order valence-electron chi connectivity index (χ1n) is 6.97. The fourth-order valence-electron chi connectivity index (χ4n) is 2.47. The van der Waals surface area contributed by atoms with Crippen LogP contribution in [0.15, 0.2) is 33.5 Å². The van der Waals surface area contributed by atoms with Crippen LogP contribution in [0.5, 0.6) is 5.75 Å². The Balaban J connectivity index is 2.03. The van der Waals surface area contributed by atoms with Crippen LogP contribution in [0, 0.1) is 0 Å². The number of fused-ring (bicyclic) bond motifs is 1. The molecule has 118 valence electrons. The molecule has 6 nitrogen and oxygen atoms in total. The summed E-state index contributed by atoms with van der Waals surface area (Å²) in [4.78, 5) is 11.3. The summed E-state index contributed by atoms with van der Waals surface area (Å²) in [5.41, 5.74) is -0.134. The summed E-state index contributed by atoms with van der Waals surface area (Å²) >= 11 is 0. The summed E-state index contributed by atoms with van der Waals surface area (Å²) in [5, 5.41) is 10.8. The highest BCUT2D eigenvalue weighted by atomic mass is 16.7. The first-order chi connectivity index (χ1) is 10.4. The van der Waals surface area contributed by atoms with Crippen molar-refractivity contribution in [1.82, 2.24) is 0 Å². The summed E-state index contributed by atoms with van der Waals surface area (Å²) in [6.07, 6.45) is -0.561. The van der Waals surface area contributed by atoms with E-state index in [1.54, 1.807) is 26.0 Å². The van der Waals surface area contributed by atoms with Gasteiger partial charge in [-0.15, -0.1) is 0 Å². The van der Waals surface area contributed by atoms with E-state index in [1.165, 1.54) is 13.2 Å². The molecule has 1 saturated heterocycles. The molecule has 1 aliphatic heterocycles. The lowest BCUT2D eigenvalue weighted by atomic mass is 9.97.